The lowest BCUT2D eigenvalue weighted by Crippen LogP contribution is -2.42. The highest BCUT2D eigenvalue weighted by Gasteiger charge is 2.41. The van der Waals surface area contributed by atoms with Gasteiger partial charge in [0, 0.05) is 29.6 Å². The third kappa shape index (κ3) is 4.41. The summed E-state index contributed by atoms with van der Waals surface area (Å²) in [5.41, 5.74) is 9.25. The zero-order chi connectivity index (χ0) is 19.5. The maximum absolute atomic E-state index is 14.1. The van der Waals surface area contributed by atoms with Gasteiger partial charge in [-0.05, 0) is 45.4 Å². The summed E-state index contributed by atoms with van der Waals surface area (Å²) in [6.07, 6.45) is 0.343. The molecule has 0 aliphatic carbocycles. The van der Waals surface area contributed by atoms with Crippen LogP contribution in [0.4, 0.5) is 4.39 Å². The lowest BCUT2D eigenvalue weighted by Gasteiger charge is -2.26. The fourth-order valence-electron chi connectivity index (χ4n) is 2.72. The Morgan fingerprint density at radius 1 is 1.50 bits per heavy atom. The van der Waals surface area contributed by atoms with Gasteiger partial charge in [-0.1, -0.05) is 5.11 Å². The molecule has 2 unspecified atom stereocenters. The summed E-state index contributed by atoms with van der Waals surface area (Å²) in [7, 11) is 0.0390. The van der Waals surface area contributed by atoms with Crippen molar-refractivity contribution in [1.29, 1.82) is 0 Å². The van der Waals surface area contributed by atoms with Crippen molar-refractivity contribution in [3.63, 3.8) is 0 Å². The average molecular weight is 382 g/mol. The minimum atomic E-state index is -1.48. The summed E-state index contributed by atoms with van der Waals surface area (Å²) in [6, 6.07) is 2.70. The summed E-state index contributed by atoms with van der Waals surface area (Å²) in [5.74, 6) is 0.0270. The van der Waals surface area contributed by atoms with E-state index in [9.17, 15) is 8.60 Å². The van der Waals surface area contributed by atoms with Crippen LogP contribution in [-0.2, 0) is 22.1 Å². The lowest BCUT2D eigenvalue weighted by molar-refractivity contribution is 0.0131. The molecule has 0 saturated carbocycles. The molecular formula is C17H23FN4O3S. The van der Waals surface area contributed by atoms with Crippen LogP contribution < -0.4 is 4.74 Å². The Hall–Kier alpha value is -1.96. The predicted molar refractivity (Wildman–Crippen MR) is 99.5 cm³/mol. The number of azide groups is 1. The van der Waals surface area contributed by atoms with Gasteiger partial charge in [0.2, 0.25) is 0 Å². The average Bonchev–Trinajstić information content (AvgIpc) is 2.89. The second-order valence-electron chi connectivity index (χ2n) is 7.26. The number of methoxy groups -OCH3 is 1. The summed E-state index contributed by atoms with van der Waals surface area (Å²) in [5, 5.41) is 3.61. The number of fused-ring (bicyclic) bond motifs is 1. The van der Waals surface area contributed by atoms with Crippen molar-refractivity contribution < 1.29 is 18.1 Å². The third-order valence-corrected chi connectivity index (χ3v) is 5.41. The molecule has 2 atom stereocenters. The molecule has 0 saturated heterocycles. The van der Waals surface area contributed by atoms with Crippen molar-refractivity contribution in [2.24, 2.45) is 9.51 Å². The third-order valence-electron chi connectivity index (χ3n) is 3.92. The molecule has 0 aromatic heterocycles. The number of rotatable bonds is 6. The van der Waals surface area contributed by atoms with E-state index in [1.165, 1.54) is 19.2 Å². The molecular weight excluding hydrogens is 359 g/mol. The highest BCUT2D eigenvalue weighted by Crippen LogP contribution is 2.39. The van der Waals surface area contributed by atoms with Crippen LogP contribution in [0.25, 0.3) is 10.4 Å². The second kappa shape index (κ2) is 7.73. The number of halogens is 1. The van der Waals surface area contributed by atoms with Gasteiger partial charge < -0.3 is 9.47 Å². The number of benzene rings is 1. The van der Waals surface area contributed by atoms with Crippen LogP contribution in [0.5, 0.6) is 5.75 Å². The molecule has 1 aliphatic rings. The molecule has 9 heteroatoms. The van der Waals surface area contributed by atoms with Gasteiger partial charge in [-0.15, -0.1) is 0 Å². The monoisotopic (exact) mass is 382 g/mol. The van der Waals surface area contributed by atoms with Crippen molar-refractivity contribution in [1.82, 2.24) is 0 Å². The van der Waals surface area contributed by atoms with Crippen LogP contribution in [0, 0.1) is 5.82 Å². The van der Waals surface area contributed by atoms with Crippen molar-refractivity contribution in [3.05, 3.63) is 39.5 Å². The summed E-state index contributed by atoms with van der Waals surface area (Å²) in [4.78, 5) is 2.78. The van der Waals surface area contributed by atoms with Gasteiger partial charge in [0.25, 0.3) is 0 Å². The van der Waals surface area contributed by atoms with Gasteiger partial charge in [0.15, 0.2) is 0 Å². The van der Waals surface area contributed by atoms with Crippen LogP contribution in [0.1, 0.15) is 38.8 Å². The van der Waals surface area contributed by atoms with Crippen molar-refractivity contribution >= 4 is 16.7 Å². The Morgan fingerprint density at radius 3 is 2.77 bits per heavy atom. The molecule has 0 bridgehead atoms. The van der Waals surface area contributed by atoms with E-state index in [1.54, 1.807) is 6.92 Å². The molecule has 0 N–H and O–H groups in total. The normalized spacial score (nSPS) is 20.9. The molecule has 1 aliphatic heterocycles. The van der Waals surface area contributed by atoms with E-state index >= 15 is 0 Å². The van der Waals surface area contributed by atoms with Gasteiger partial charge in [0.05, 0.1) is 23.6 Å². The van der Waals surface area contributed by atoms with Crippen LogP contribution in [-0.4, -0.2) is 40.5 Å². The first-order chi connectivity index (χ1) is 12.1. The molecule has 2 rings (SSSR count). The molecule has 26 heavy (non-hydrogen) atoms. The largest absolute Gasteiger partial charge is 0.483 e. The predicted octanol–water partition coefficient (Wildman–Crippen LogP) is 3.73. The molecule has 0 spiro atoms. The Labute approximate surface area is 154 Å². The van der Waals surface area contributed by atoms with Crippen LogP contribution in [0.2, 0.25) is 0 Å². The van der Waals surface area contributed by atoms with Crippen molar-refractivity contribution in [2.45, 2.75) is 44.5 Å². The van der Waals surface area contributed by atoms with E-state index in [0.29, 0.717) is 29.0 Å². The summed E-state index contributed by atoms with van der Waals surface area (Å²) in [6.45, 7) is 7.36. The van der Waals surface area contributed by atoms with Crippen LogP contribution in [0.15, 0.2) is 21.6 Å². The fourth-order valence-corrected chi connectivity index (χ4v) is 3.34. The standard InChI is InChI=1S/C17H23FN4O3S/c1-11(21-26(23)16(2,3)4)14-7-13(18)6-12-8-17(10-24-5,9-20-22-19)25-15(12)14/h6-7H,8-10H2,1-5H3/b21-11+. The smallest absolute Gasteiger partial charge is 0.145 e. The van der Waals surface area contributed by atoms with E-state index in [0.717, 1.165) is 0 Å². The zero-order valence-corrected chi connectivity index (χ0v) is 16.4. The first kappa shape index (κ1) is 20.4. The lowest BCUT2D eigenvalue weighted by atomic mass is 9.96. The minimum Gasteiger partial charge on any atom is -0.483 e. The zero-order valence-electron chi connectivity index (χ0n) is 15.6. The van der Waals surface area contributed by atoms with Crippen LogP contribution >= 0.6 is 0 Å². The minimum absolute atomic E-state index is 0.0528. The fraction of sp³-hybridized carbons (Fsp3) is 0.588. The summed E-state index contributed by atoms with van der Waals surface area (Å²) < 4.78 is 41.4. The van der Waals surface area contributed by atoms with E-state index in [4.69, 9.17) is 15.0 Å². The molecule has 1 aromatic rings. The Bertz CT molecular complexity index is 800. The van der Waals surface area contributed by atoms with Gasteiger partial charge >= 0.3 is 0 Å². The number of hydrogen-bond donors (Lipinski definition) is 0. The number of ether oxygens (including phenoxy) is 2. The van der Waals surface area contributed by atoms with Gasteiger partial charge in [0.1, 0.15) is 28.2 Å². The van der Waals surface area contributed by atoms with E-state index in [2.05, 4.69) is 14.4 Å². The first-order valence-electron chi connectivity index (χ1n) is 8.11. The van der Waals surface area contributed by atoms with E-state index in [-0.39, 0.29) is 13.2 Å². The Kier molecular flexibility index (Phi) is 6.05. The Morgan fingerprint density at radius 2 is 2.19 bits per heavy atom. The molecule has 0 fully saturated rings. The SMILES string of the molecule is COCC1(CN=[N+]=[N-])Cc2cc(F)cc(/C(C)=N/S(=O)C(C)(C)C)c2O1. The highest BCUT2D eigenvalue weighted by molar-refractivity contribution is 7.85. The molecule has 1 aromatic carbocycles. The molecule has 142 valence electrons. The molecule has 0 radical (unpaired) electrons. The first-order valence-corrected chi connectivity index (χ1v) is 9.21. The van der Waals surface area contributed by atoms with Crippen LogP contribution in [0.3, 0.4) is 0 Å². The van der Waals surface area contributed by atoms with E-state index < -0.39 is 27.2 Å². The maximum Gasteiger partial charge on any atom is 0.145 e. The van der Waals surface area contributed by atoms with Gasteiger partial charge in [-0.2, -0.15) is 4.40 Å². The van der Waals surface area contributed by atoms with Gasteiger partial charge in [-0.25, -0.2) is 8.60 Å². The topological polar surface area (TPSA) is 96.6 Å². The number of hydrogen-bond acceptors (Lipinski definition) is 4. The maximum atomic E-state index is 14.1. The quantitative estimate of drug-likeness (QED) is 0.324. The number of nitrogens with zero attached hydrogens (tertiary/aromatic N) is 4. The highest BCUT2D eigenvalue weighted by atomic mass is 32.2. The molecule has 7 nitrogen and oxygen atoms in total. The molecule has 0 amide bonds. The molecule has 1 heterocycles. The van der Waals surface area contributed by atoms with Crippen molar-refractivity contribution in [2.75, 3.05) is 20.3 Å². The van der Waals surface area contributed by atoms with Crippen molar-refractivity contribution in [3.8, 4) is 5.75 Å². The van der Waals surface area contributed by atoms with E-state index in [1.807, 2.05) is 20.8 Å². The summed E-state index contributed by atoms with van der Waals surface area (Å²) >= 11 is 0. The Balaban J connectivity index is 2.47. The second-order valence-corrected chi connectivity index (χ2v) is 9.17. The van der Waals surface area contributed by atoms with Gasteiger partial charge in [-0.3, -0.25) is 0 Å².